The summed E-state index contributed by atoms with van der Waals surface area (Å²) in [6.45, 7) is 0.353. The van der Waals surface area contributed by atoms with Gasteiger partial charge in [0.25, 0.3) is 5.91 Å². The fourth-order valence-electron chi connectivity index (χ4n) is 2.54. The van der Waals surface area contributed by atoms with Gasteiger partial charge in [0.1, 0.15) is 0 Å². The number of carbonyl (C=O) groups excluding carboxylic acids is 1. The molecule has 2 aromatic carbocycles. The third-order valence-electron chi connectivity index (χ3n) is 3.74. The Labute approximate surface area is 117 Å². The fourth-order valence-corrected chi connectivity index (χ4v) is 2.54. The van der Waals surface area contributed by atoms with Crippen molar-refractivity contribution >= 4 is 22.4 Å². The molecule has 20 heavy (non-hydrogen) atoms. The first kappa shape index (κ1) is 12.9. The number of nitrogen functional groups attached to an aromatic ring is 1. The Kier molecular flexibility index (Phi) is 3.32. The van der Waals surface area contributed by atoms with E-state index in [0.29, 0.717) is 17.8 Å². The van der Waals surface area contributed by atoms with Gasteiger partial charge in [-0.1, -0.05) is 24.3 Å². The topological polar surface area (TPSA) is 66.6 Å². The van der Waals surface area contributed by atoms with Crippen molar-refractivity contribution in [3.05, 3.63) is 42.0 Å². The number of hydrogen-bond acceptors (Lipinski definition) is 3. The Morgan fingerprint density at radius 1 is 1.25 bits per heavy atom. The van der Waals surface area contributed by atoms with E-state index in [2.05, 4.69) is 0 Å². The summed E-state index contributed by atoms with van der Waals surface area (Å²) in [6, 6.07) is 11.8. The minimum Gasteiger partial charge on any atom is -0.398 e. The van der Waals surface area contributed by atoms with Gasteiger partial charge in [-0.05, 0) is 35.7 Å². The van der Waals surface area contributed by atoms with Gasteiger partial charge in [-0.3, -0.25) is 4.79 Å². The van der Waals surface area contributed by atoms with Crippen LogP contribution < -0.4 is 5.73 Å². The Morgan fingerprint density at radius 2 is 1.90 bits per heavy atom. The molecule has 3 N–H and O–H groups in total. The smallest absolute Gasteiger partial charge is 0.256 e. The zero-order valence-electron chi connectivity index (χ0n) is 11.2. The normalized spacial score (nSPS) is 14.4. The maximum absolute atomic E-state index is 12.6. The number of aliphatic hydroxyl groups excluding tert-OH is 1. The summed E-state index contributed by atoms with van der Waals surface area (Å²) in [5.41, 5.74) is 7.06. The highest BCUT2D eigenvalue weighted by atomic mass is 16.3. The van der Waals surface area contributed by atoms with Gasteiger partial charge in [-0.2, -0.15) is 0 Å². The van der Waals surface area contributed by atoms with Crippen molar-refractivity contribution in [1.82, 2.24) is 4.90 Å². The Balaban J connectivity index is 1.99. The van der Waals surface area contributed by atoms with Crippen LogP contribution in [0.4, 0.5) is 5.69 Å². The highest BCUT2D eigenvalue weighted by Gasteiger charge is 2.33. The van der Waals surface area contributed by atoms with Gasteiger partial charge >= 0.3 is 0 Å². The lowest BCUT2D eigenvalue weighted by atomic mass is 10.0. The van der Waals surface area contributed by atoms with E-state index in [1.165, 1.54) is 0 Å². The third-order valence-corrected chi connectivity index (χ3v) is 3.74. The van der Waals surface area contributed by atoms with E-state index in [9.17, 15) is 4.79 Å². The molecule has 0 unspecified atom stereocenters. The first-order valence-corrected chi connectivity index (χ1v) is 6.91. The first-order valence-electron chi connectivity index (χ1n) is 6.91. The van der Waals surface area contributed by atoms with Crippen LogP contribution in [0.3, 0.4) is 0 Å². The number of hydrogen-bond donors (Lipinski definition) is 2. The number of fused-ring (bicyclic) bond motifs is 1. The van der Waals surface area contributed by atoms with Crippen LogP contribution in [0.2, 0.25) is 0 Å². The number of aliphatic hydroxyl groups is 1. The van der Waals surface area contributed by atoms with E-state index in [4.69, 9.17) is 10.8 Å². The summed E-state index contributed by atoms with van der Waals surface area (Å²) in [6.07, 6.45) is 2.03. The van der Waals surface area contributed by atoms with E-state index >= 15 is 0 Å². The van der Waals surface area contributed by atoms with Crippen molar-refractivity contribution in [3.63, 3.8) is 0 Å². The third kappa shape index (κ3) is 2.34. The second-order valence-corrected chi connectivity index (χ2v) is 5.24. The summed E-state index contributed by atoms with van der Waals surface area (Å²) in [5, 5.41) is 11.2. The minimum absolute atomic E-state index is 0.0181. The van der Waals surface area contributed by atoms with Crippen molar-refractivity contribution in [2.24, 2.45) is 0 Å². The van der Waals surface area contributed by atoms with Gasteiger partial charge in [0, 0.05) is 18.3 Å². The predicted molar refractivity (Wildman–Crippen MR) is 79.5 cm³/mol. The molecule has 0 aromatic heterocycles. The lowest BCUT2D eigenvalue weighted by molar-refractivity contribution is 0.0709. The molecule has 1 aliphatic carbocycles. The second-order valence-electron chi connectivity index (χ2n) is 5.24. The highest BCUT2D eigenvalue weighted by Crippen LogP contribution is 2.30. The molecule has 104 valence electrons. The molecule has 0 heterocycles. The predicted octanol–water partition coefficient (Wildman–Crippen LogP) is 2.02. The summed E-state index contributed by atoms with van der Waals surface area (Å²) < 4.78 is 0. The zero-order valence-corrected chi connectivity index (χ0v) is 11.2. The number of rotatable bonds is 4. The number of nitrogens with two attached hydrogens (primary N) is 1. The van der Waals surface area contributed by atoms with Crippen molar-refractivity contribution < 1.29 is 9.90 Å². The van der Waals surface area contributed by atoms with E-state index in [1.54, 1.807) is 4.90 Å². The summed E-state index contributed by atoms with van der Waals surface area (Å²) in [4.78, 5) is 14.4. The molecule has 4 heteroatoms. The quantitative estimate of drug-likeness (QED) is 0.835. The molecule has 3 rings (SSSR count). The monoisotopic (exact) mass is 270 g/mol. The van der Waals surface area contributed by atoms with E-state index in [-0.39, 0.29) is 18.6 Å². The van der Waals surface area contributed by atoms with Gasteiger partial charge in [-0.25, -0.2) is 0 Å². The van der Waals surface area contributed by atoms with Crippen LogP contribution in [0.25, 0.3) is 10.8 Å². The molecule has 0 saturated heterocycles. The summed E-state index contributed by atoms with van der Waals surface area (Å²) >= 11 is 0. The lowest BCUT2D eigenvalue weighted by Crippen LogP contribution is -2.35. The molecule has 4 nitrogen and oxygen atoms in total. The lowest BCUT2D eigenvalue weighted by Gasteiger charge is -2.22. The van der Waals surface area contributed by atoms with Crippen LogP contribution in [-0.4, -0.2) is 35.1 Å². The molecular formula is C16H18N2O2. The molecule has 1 amide bonds. The van der Waals surface area contributed by atoms with Crippen LogP contribution in [0.5, 0.6) is 0 Å². The van der Waals surface area contributed by atoms with Crippen LogP contribution in [0.1, 0.15) is 23.2 Å². The molecule has 0 aliphatic heterocycles. The Bertz CT molecular complexity index is 650. The number of anilines is 1. The highest BCUT2D eigenvalue weighted by molar-refractivity contribution is 6.04. The van der Waals surface area contributed by atoms with Gasteiger partial charge in [0.15, 0.2) is 0 Å². The number of benzene rings is 2. The second kappa shape index (κ2) is 5.13. The van der Waals surface area contributed by atoms with E-state index < -0.39 is 0 Å². The first-order chi connectivity index (χ1) is 9.70. The number of amides is 1. The van der Waals surface area contributed by atoms with Crippen molar-refractivity contribution in [1.29, 1.82) is 0 Å². The summed E-state index contributed by atoms with van der Waals surface area (Å²) in [5.74, 6) is -0.0789. The van der Waals surface area contributed by atoms with Crippen LogP contribution in [0, 0.1) is 0 Å². The van der Waals surface area contributed by atoms with E-state index in [0.717, 1.165) is 23.6 Å². The SMILES string of the molecule is Nc1cc2ccccc2cc1C(=O)N(CCO)C1CC1. The average Bonchev–Trinajstić information content (AvgIpc) is 3.28. The molecular weight excluding hydrogens is 252 g/mol. The molecule has 1 saturated carbocycles. The molecule has 2 aromatic rings. The maximum Gasteiger partial charge on any atom is 0.256 e. The molecule has 0 bridgehead atoms. The minimum atomic E-state index is -0.0789. The molecule has 1 fully saturated rings. The van der Waals surface area contributed by atoms with Gasteiger partial charge in [-0.15, -0.1) is 0 Å². The standard InChI is InChI=1S/C16H18N2O2/c17-15-10-12-4-2-1-3-11(12)9-14(15)16(20)18(7-8-19)13-5-6-13/h1-4,9-10,13,19H,5-8,17H2. The maximum atomic E-state index is 12.6. The van der Waals surface area contributed by atoms with Gasteiger partial charge in [0.2, 0.25) is 0 Å². The molecule has 0 radical (unpaired) electrons. The van der Waals surface area contributed by atoms with Crippen LogP contribution in [-0.2, 0) is 0 Å². The van der Waals surface area contributed by atoms with Gasteiger partial charge in [0.05, 0.1) is 12.2 Å². The molecule has 0 spiro atoms. The zero-order chi connectivity index (χ0) is 14.1. The number of nitrogens with zero attached hydrogens (tertiary/aromatic N) is 1. The Hall–Kier alpha value is -2.07. The Morgan fingerprint density at radius 3 is 2.50 bits per heavy atom. The molecule has 1 aliphatic rings. The van der Waals surface area contributed by atoms with Crippen molar-refractivity contribution in [3.8, 4) is 0 Å². The largest absolute Gasteiger partial charge is 0.398 e. The summed E-state index contributed by atoms with van der Waals surface area (Å²) in [7, 11) is 0. The van der Waals surface area contributed by atoms with Crippen molar-refractivity contribution in [2.75, 3.05) is 18.9 Å². The molecule has 0 atom stereocenters. The van der Waals surface area contributed by atoms with E-state index in [1.807, 2.05) is 36.4 Å². The van der Waals surface area contributed by atoms with Gasteiger partial charge < -0.3 is 15.7 Å². The fraction of sp³-hybridized carbons (Fsp3) is 0.312. The van der Waals surface area contributed by atoms with Crippen LogP contribution in [0.15, 0.2) is 36.4 Å². The van der Waals surface area contributed by atoms with Crippen molar-refractivity contribution in [2.45, 2.75) is 18.9 Å². The van der Waals surface area contributed by atoms with Crippen LogP contribution >= 0.6 is 0 Å². The average molecular weight is 270 g/mol. The number of carbonyl (C=O) groups is 1.